The summed E-state index contributed by atoms with van der Waals surface area (Å²) in [6, 6.07) is 1.38. The van der Waals surface area contributed by atoms with Crippen LogP contribution >= 0.6 is 11.3 Å². The molecule has 2 amide bonds. The van der Waals surface area contributed by atoms with Crippen LogP contribution in [0.25, 0.3) is 0 Å². The van der Waals surface area contributed by atoms with Crippen LogP contribution in [0.1, 0.15) is 39.2 Å². The maximum atomic E-state index is 12.5. The number of likely N-dealkylation sites (tertiary alicyclic amines) is 1. The molecule has 6 heteroatoms. The van der Waals surface area contributed by atoms with Crippen molar-refractivity contribution in [3.8, 4) is 0 Å². The van der Waals surface area contributed by atoms with Crippen molar-refractivity contribution in [3.05, 3.63) is 22.4 Å². The molecule has 122 valence electrons. The van der Waals surface area contributed by atoms with Gasteiger partial charge >= 0.3 is 0 Å². The third-order valence-electron chi connectivity index (χ3n) is 4.10. The lowest BCUT2D eigenvalue weighted by atomic mass is 9.98. The molecule has 2 N–H and O–H groups in total. The second kappa shape index (κ2) is 6.79. The van der Waals surface area contributed by atoms with E-state index in [1.54, 1.807) is 11.8 Å². The SMILES string of the molecule is CC(C)C(C(=O)NCC(C)(O)c1ccsc1)N1CCCC1=O. The molecule has 22 heavy (non-hydrogen) atoms. The van der Waals surface area contributed by atoms with Gasteiger partial charge in [-0.15, -0.1) is 0 Å². The van der Waals surface area contributed by atoms with Crippen molar-refractivity contribution in [3.63, 3.8) is 0 Å². The van der Waals surface area contributed by atoms with Crippen molar-refractivity contribution in [2.24, 2.45) is 5.92 Å². The van der Waals surface area contributed by atoms with Crippen molar-refractivity contribution >= 4 is 23.2 Å². The summed E-state index contributed by atoms with van der Waals surface area (Å²) in [6.45, 7) is 6.32. The van der Waals surface area contributed by atoms with Crippen molar-refractivity contribution in [2.45, 2.75) is 45.3 Å². The van der Waals surface area contributed by atoms with Gasteiger partial charge in [-0.3, -0.25) is 9.59 Å². The standard InChI is InChI=1S/C16H24N2O3S/c1-11(2)14(18-7-4-5-13(18)19)15(20)17-10-16(3,21)12-6-8-22-9-12/h6,8-9,11,14,21H,4-5,7,10H2,1-3H3,(H,17,20). The van der Waals surface area contributed by atoms with E-state index in [2.05, 4.69) is 5.32 Å². The first kappa shape index (κ1) is 17.0. The Morgan fingerprint density at radius 3 is 2.77 bits per heavy atom. The van der Waals surface area contributed by atoms with Crippen molar-refractivity contribution < 1.29 is 14.7 Å². The average molecular weight is 324 g/mol. The van der Waals surface area contributed by atoms with Gasteiger partial charge in [0.15, 0.2) is 0 Å². The minimum Gasteiger partial charge on any atom is -0.384 e. The Bertz CT molecular complexity index is 526. The van der Waals surface area contributed by atoms with E-state index in [9.17, 15) is 14.7 Å². The van der Waals surface area contributed by atoms with Gasteiger partial charge in [0.1, 0.15) is 11.6 Å². The third-order valence-corrected chi connectivity index (χ3v) is 4.78. The molecule has 1 saturated heterocycles. The lowest BCUT2D eigenvalue weighted by Gasteiger charge is -2.31. The van der Waals surface area contributed by atoms with Crippen LogP contribution in [0.4, 0.5) is 0 Å². The topological polar surface area (TPSA) is 69.6 Å². The molecule has 0 aromatic carbocycles. The van der Waals surface area contributed by atoms with E-state index in [4.69, 9.17) is 0 Å². The minimum atomic E-state index is -1.10. The van der Waals surface area contributed by atoms with E-state index < -0.39 is 11.6 Å². The molecule has 2 rings (SSSR count). The summed E-state index contributed by atoms with van der Waals surface area (Å²) >= 11 is 1.51. The highest BCUT2D eigenvalue weighted by molar-refractivity contribution is 7.08. The first-order chi connectivity index (χ1) is 10.3. The molecule has 0 saturated carbocycles. The molecule has 0 aliphatic carbocycles. The zero-order valence-electron chi connectivity index (χ0n) is 13.3. The number of rotatable bonds is 6. The minimum absolute atomic E-state index is 0.0353. The fourth-order valence-electron chi connectivity index (χ4n) is 2.80. The number of carbonyl (C=O) groups excluding carboxylic acids is 2. The van der Waals surface area contributed by atoms with Gasteiger partial charge in [-0.1, -0.05) is 13.8 Å². The molecule has 1 aromatic heterocycles. The molecular weight excluding hydrogens is 300 g/mol. The molecule has 2 unspecified atom stereocenters. The van der Waals surface area contributed by atoms with Crippen LogP contribution in [0.5, 0.6) is 0 Å². The normalized spacial score (nSPS) is 19.3. The Kier molecular flexibility index (Phi) is 5.24. The monoisotopic (exact) mass is 324 g/mol. The van der Waals surface area contributed by atoms with Crippen molar-refractivity contribution in [1.29, 1.82) is 0 Å². The van der Waals surface area contributed by atoms with Gasteiger partial charge in [0.05, 0.1) is 6.54 Å². The first-order valence-corrected chi connectivity index (χ1v) is 8.59. The van der Waals surface area contributed by atoms with Gasteiger partial charge in [-0.2, -0.15) is 11.3 Å². The summed E-state index contributed by atoms with van der Waals surface area (Å²) in [5.74, 6) is -0.118. The first-order valence-electron chi connectivity index (χ1n) is 7.65. The molecule has 2 heterocycles. The highest BCUT2D eigenvalue weighted by Gasteiger charge is 2.35. The number of nitrogens with zero attached hydrogens (tertiary/aromatic N) is 1. The molecule has 1 aromatic rings. The maximum Gasteiger partial charge on any atom is 0.243 e. The second-order valence-electron chi connectivity index (χ2n) is 6.38. The van der Waals surface area contributed by atoms with E-state index in [1.165, 1.54) is 11.3 Å². The number of nitrogens with one attached hydrogen (secondary N) is 1. The van der Waals surface area contributed by atoms with Crippen LogP contribution in [-0.4, -0.2) is 41.0 Å². The summed E-state index contributed by atoms with van der Waals surface area (Å²) in [5.41, 5.74) is -0.317. The van der Waals surface area contributed by atoms with Crippen LogP contribution in [0.15, 0.2) is 16.8 Å². The molecule has 0 spiro atoms. The Morgan fingerprint density at radius 2 is 2.27 bits per heavy atom. The summed E-state index contributed by atoms with van der Waals surface area (Å²) < 4.78 is 0. The third kappa shape index (κ3) is 3.67. The van der Waals surface area contributed by atoms with Gasteiger partial charge in [-0.05, 0) is 41.7 Å². The quantitative estimate of drug-likeness (QED) is 0.837. The Morgan fingerprint density at radius 1 is 1.55 bits per heavy atom. The summed E-state index contributed by atoms with van der Waals surface area (Å²) in [5, 5.41) is 17.0. The number of hydrogen-bond donors (Lipinski definition) is 2. The molecule has 0 radical (unpaired) electrons. The van der Waals surface area contributed by atoms with Gasteiger partial charge in [0.25, 0.3) is 0 Å². The maximum absolute atomic E-state index is 12.5. The fourth-order valence-corrected chi connectivity index (χ4v) is 3.59. The van der Waals surface area contributed by atoms with E-state index in [0.29, 0.717) is 13.0 Å². The number of thiophene rings is 1. The zero-order chi connectivity index (χ0) is 16.3. The van der Waals surface area contributed by atoms with Crippen LogP contribution < -0.4 is 5.32 Å². The van der Waals surface area contributed by atoms with Crippen molar-refractivity contribution in [2.75, 3.05) is 13.1 Å². The summed E-state index contributed by atoms with van der Waals surface area (Å²) in [4.78, 5) is 26.1. The lowest BCUT2D eigenvalue weighted by Crippen LogP contribution is -2.52. The number of aliphatic hydroxyl groups is 1. The number of amides is 2. The summed E-state index contributed by atoms with van der Waals surface area (Å²) in [6.07, 6.45) is 1.32. The Balaban J connectivity index is 2.01. The van der Waals surface area contributed by atoms with Crippen LogP contribution in [-0.2, 0) is 15.2 Å². The molecule has 0 bridgehead atoms. The highest BCUT2D eigenvalue weighted by Crippen LogP contribution is 2.23. The zero-order valence-corrected chi connectivity index (χ0v) is 14.2. The van der Waals surface area contributed by atoms with Crippen LogP contribution in [0.3, 0.4) is 0 Å². The van der Waals surface area contributed by atoms with E-state index >= 15 is 0 Å². The predicted molar refractivity (Wildman–Crippen MR) is 86.5 cm³/mol. The van der Waals surface area contributed by atoms with Gasteiger partial charge in [0, 0.05) is 13.0 Å². The van der Waals surface area contributed by atoms with Gasteiger partial charge < -0.3 is 15.3 Å². The Labute approximate surface area is 135 Å². The highest BCUT2D eigenvalue weighted by atomic mass is 32.1. The largest absolute Gasteiger partial charge is 0.384 e. The Hall–Kier alpha value is -1.40. The molecule has 5 nitrogen and oxygen atoms in total. The van der Waals surface area contributed by atoms with E-state index in [0.717, 1.165) is 12.0 Å². The second-order valence-corrected chi connectivity index (χ2v) is 7.16. The number of carbonyl (C=O) groups is 2. The molecule has 1 aliphatic rings. The van der Waals surface area contributed by atoms with Gasteiger partial charge in [0.2, 0.25) is 11.8 Å². The molecule has 1 fully saturated rings. The average Bonchev–Trinajstić information content (AvgIpc) is 3.09. The smallest absolute Gasteiger partial charge is 0.243 e. The van der Waals surface area contributed by atoms with Crippen molar-refractivity contribution in [1.82, 2.24) is 10.2 Å². The van der Waals surface area contributed by atoms with Crippen LogP contribution in [0, 0.1) is 5.92 Å². The molecule has 2 atom stereocenters. The molecule has 1 aliphatic heterocycles. The van der Waals surface area contributed by atoms with E-state index in [1.807, 2.05) is 30.7 Å². The fraction of sp³-hybridized carbons (Fsp3) is 0.625. The summed E-state index contributed by atoms with van der Waals surface area (Å²) in [7, 11) is 0. The predicted octanol–water partition coefficient (Wildman–Crippen LogP) is 1.72. The molecular formula is C16H24N2O3S. The lowest BCUT2D eigenvalue weighted by molar-refractivity contribution is -0.139. The number of hydrogen-bond acceptors (Lipinski definition) is 4. The van der Waals surface area contributed by atoms with E-state index in [-0.39, 0.29) is 24.3 Å². The van der Waals surface area contributed by atoms with Gasteiger partial charge in [-0.25, -0.2) is 0 Å². The van der Waals surface area contributed by atoms with Crippen LogP contribution in [0.2, 0.25) is 0 Å².